The maximum absolute atomic E-state index is 8.89. The largest absolute Gasteiger partial charge is 0.396 e. The molecule has 0 aromatic carbocycles. The summed E-state index contributed by atoms with van der Waals surface area (Å²) in [7, 11) is 3.56. The van der Waals surface area contributed by atoms with Crippen molar-refractivity contribution in [2.75, 3.05) is 53.7 Å². The summed E-state index contributed by atoms with van der Waals surface area (Å²) >= 11 is 0. The molecule has 4 heteroatoms. The van der Waals surface area contributed by atoms with Crippen LogP contribution in [-0.2, 0) is 9.47 Å². The monoisotopic (exact) mass is 331 g/mol. The average molecular weight is 332 g/mol. The van der Waals surface area contributed by atoms with Crippen LogP contribution < -0.4 is 0 Å². The molecule has 1 N–H and O–H groups in total. The second kappa shape index (κ2) is 19.9. The first-order chi connectivity index (χ1) is 11.3. The Hall–Kier alpha value is -0.160. The van der Waals surface area contributed by atoms with E-state index in [0.717, 1.165) is 26.1 Å². The van der Waals surface area contributed by atoms with Gasteiger partial charge in [-0.2, -0.15) is 0 Å². The lowest BCUT2D eigenvalue weighted by atomic mass is 10.1. The molecular weight excluding hydrogens is 290 g/mol. The molecule has 0 aromatic rings. The van der Waals surface area contributed by atoms with Gasteiger partial charge in [0.2, 0.25) is 0 Å². The van der Waals surface area contributed by atoms with Crippen molar-refractivity contribution in [1.29, 1.82) is 0 Å². The molecule has 0 aliphatic carbocycles. The van der Waals surface area contributed by atoms with Crippen molar-refractivity contribution in [3.8, 4) is 0 Å². The Morgan fingerprint density at radius 1 is 0.565 bits per heavy atom. The summed E-state index contributed by atoms with van der Waals surface area (Å²) in [5.41, 5.74) is 0. The van der Waals surface area contributed by atoms with Crippen LogP contribution in [0.1, 0.15) is 70.6 Å². The zero-order chi connectivity index (χ0) is 17.0. The molecule has 0 fully saturated rings. The van der Waals surface area contributed by atoms with Crippen molar-refractivity contribution in [3.05, 3.63) is 0 Å². The Bertz CT molecular complexity index is 199. The minimum atomic E-state index is 0.332. The van der Waals surface area contributed by atoms with Crippen LogP contribution in [0.2, 0.25) is 0 Å². The van der Waals surface area contributed by atoms with Gasteiger partial charge in [0.1, 0.15) is 0 Å². The zero-order valence-corrected chi connectivity index (χ0v) is 15.7. The smallest absolute Gasteiger partial charge is 0.0462 e. The SMILES string of the molecule is COCCCCCCN(CCCCCO)CCCCCCOC. The minimum Gasteiger partial charge on any atom is -0.396 e. The van der Waals surface area contributed by atoms with E-state index in [0.29, 0.717) is 6.61 Å². The van der Waals surface area contributed by atoms with Crippen LogP contribution in [0.4, 0.5) is 0 Å². The molecule has 0 aliphatic rings. The maximum atomic E-state index is 8.89. The zero-order valence-electron chi connectivity index (χ0n) is 15.7. The summed E-state index contributed by atoms with van der Waals surface area (Å²) in [5, 5.41) is 8.89. The lowest BCUT2D eigenvalue weighted by Crippen LogP contribution is -2.27. The molecule has 0 rings (SSSR count). The van der Waals surface area contributed by atoms with E-state index >= 15 is 0 Å². The van der Waals surface area contributed by atoms with Gasteiger partial charge in [-0.15, -0.1) is 0 Å². The first-order valence-electron chi connectivity index (χ1n) is 9.66. The van der Waals surface area contributed by atoms with Crippen LogP contribution >= 0.6 is 0 Å². The van der Waals surface area contributed by atoms with Crippen LogP contribution in [0.25, 0.3) is 0 Å². The molecule has 0 radical (unpaired) electrons. The van der Waals surface area contributed by atoms with Crippen molar-refractivity contribution in [2.24, 2.45) is 0 Å². The fraction of sp³-hybridized carbons (Fsp3) is 1.00. The minimum absolute atomic E-state index is 0.332. The van der Waals surface area contributed by atoms with Gasteiger partial charge < -0.3 is 19.5 Å². The number of methoxy groups -OCH3 is 2. The van der Waals surface area contributed by atoms with Gasteiger partial charge in [-0.25, -0.2) is 0 Å². The van der Waals surface area contributed by atoms with Crippen LogP contribution in [0.15, 0.2) is 0 Å². The number of aliphatic hydroxyl groups excluding tert-OH is 1. The summed E-state index contributed by atoms with van der Waals surface area (Å²) < 4.78 is 10.2. The quantitative estimate of drug-likeness (QED) is 0.365. The molecule has 0 saturated carbocycles. The molecule has 0 unspecified atom stereocenters. The third-order valence-electron chi connectivity index (χ3n) is 4.28. The van der Waals surface area contributed by atoms with Crippen molar-refractivity contribution in [1.82, 2.24) is 4.90 Å². The first kappa shape index (κ1) is 22.8. The maximum Gasteiger partial charge on any atom is 0.0462 e. The second-order valence-electron chi connectivity index (χ2n) is 6.44. The van der Waals surface area contributed by atoms with Gasteiger partial charge in [0, 0.05) is 34.0 Å². The number of unbranched alkanes of at least 4 members (excludes halogenated alkanes) is 8. The summed E-state index contributed by atoms with van der Waals surface area (Å²) in [6, 6.07) is 0. The summed E-state index contributed by atoms with van der Waals surface area (Å²) in [4.78, 5) is 2.63. The van der Waals surface area contributed by atoms with E-state index in [1.165, 1.54) is 77.4 Å². The number of hydrogen-bond acceptors (Lipinski definition) is 4. The molecule has 23 heavy (non-hydrogen) atoms. The summed E-state index contributed by atoms with van der Waals surface area (Å²) in [5.74, 6) is 0. The van der Waals surface area contributed by atoms with Gasteiger partial charge in [0.15, 0.2) is 0 Å². The van der Waals surface area contributed by atoms with Crippen LogP contribution in [-0.4, -0.2) is 63.7 Å². The number of ether oxygens (including phenoxy) is 2. The average Bonchev–Trinajstić information content (AvgIpc) is 2.57. The van der Waals surface area contributed by atoms with Crippen molar-refractivity contribution in [3.63, 3.8) is 0 Å². The Balaban J connectivity index is 3.70. The van der Waals surface area contributed by atoms with E-state index in [4.69, 9.17) is 14.6 Å². The first-order valence-corrected chi connectivity index (χ1v) is 9.66. The molecule has 0 heterocycles. The Morgan fingerprint density at radius 3 is 1.35 bits per heavy atom. The highest BCUT2D eigenvalue weighted by atomic mass is 16.5. The van der Waals surface area contributed by atoms with Crippen LogP contribution in [0.3, 0.4) is 0 Å². The van der Waals surface area contributed by atoms with Crippen molar-refractivity contribution in [2.45, 2.75) is 70.6 Å². The molecule has 0 saturated heterocycles. The van der Waals surface area contributed by atoms with Gasteiger partial charge >= 0.3 is 0 Å². The van der Waals surface area contributed by atoms with E-state index in [2.05, 4.69) is 4.90 Å². The fourth-order valence-electron chi connectivity index (χ4n) is 2.83. The third-order valence-corrected chi connectivity index (χ3v) is 4.28. The van der Waals surface area contributed by atoms with E-state index in [-0.39, 0.29) is 0 Å². The number of hydrogen-bond donors (Lipinski definition) is 1. The van der Waals surface area contributed by atoms with Crippen molar-refractivity contribution >= 4 is 0 Å². The van der Waals surface area contributed by atoms with Crippen LogP contribution in [0, 0.1) is 0 Å². The summed E-state index contributed by atoms with van der Waals surface area (Å²) in [6.07, 6.45) is 13.5. The predicted octanol–water partition coefficient (Wildman–Crippen LogP) is 3.86. The highest BCUT2D eigenvalue weighted by Gasteiger charge is 2.04. The predicted molar refractivity (Wildman–Crippen MR) is 98.1 cm³/mol. The topological polar surface area (TPSA) is 41.9 Å². The lowest BCUT2D eigenvalue weighted by Gasteiger charge is -2.22. The fourth-order valence-corrected chi connectivity index (χ4v) is 2.83. The van der Waals surface area contributed by atoms with E-state index < -0.39 is 0 Å². The Morgan fingerprint density at radius 2 is 0.957 bits per heavy atom. The number of aliphatic hydroxyl groups is 1. The Labute approximate surface area is 144 Å². The molecule has 0 aromatic heterocycles. The van der Waals surface area contributed by atoms with Gasteiger partial charge in [-0.1, -0.05) is 25.7 Å². The molecule has 0 spiro atoms. The second-order valence-corrected chi connectivity index (χ2v) is 6.44. The molecule has 4 nitrogen and oxygen atoms in total. The summed E-state index contributed by atoms with van der Waals surface area (Å²) in [6.45, 7) is 5.77. The van der Waals surface area contributed by atoms with Gasteiger partial charge in [-0.3, -0.25) is 0 Å². The third kappa shape index (κ3) is 18.0. The lowest BCUT2D eigenvalue weighted by molar-refractivity contribution is 0.189. The van der Waals surface area contributed by atoms with Gasteiger partial charge in [0.25, 0.3) is 0 Å². The highest BCUT2D eigenvalue weighted by molar-refractivity contribution is 4.60. The molecule has 0 amide bonds. The molecular formula is C19H41NO3. The van der Waals surface area contributed by atoms with Gasteiger partial charge in [0.05, 0.1) is 0 Å². The molecule has 140 valence electrons. The van der Waals surface area contributed by atoms with Crippen molar-refractivity contribution < 1.29 is 14.6 Å². The van der Waals surface area contributed by atoms with Gasteiger partial charge in [-0.05, 0) is 64.6 Å². The van der Waals surface area contributed by atoms with Crippen LogP contribution in [0.5, 0.6) is 0 Å². The molecule has 0 atom stereocenters. The molecule has 0 aliphatic heterocycles. The highest BCUT2D eigenvalue weighted by Crippen LogP contribution is 2.08. The molecule has 0 bridgehead atoms. The van der Waals surface area contributed by atoms with E-state index in [1.54, 1.807) is 14.2 Å². The number of nitrogens with zero attached hydrogens (tertiary/aromatic N) is 1. The standard InChI is InChI=1S/C19H41NO3/c1-22-18-12-5-3-8-14-20(16-10-7-11-17-21)15-9-4-6-13-19-23-2/h21H,3-19H2,1-2H3. The normalized spacial score (nSPS) is 11.5. The Kier molecular flexibility index (Phi) is 19.7. The van der Waals surface area contributed by atoms with E-state index in [9.17, 15) is 0 Å². The van der Waals surface area contributed by atoms with E-state index in [1.807, 2.05) is 0 Å². The number of rotatable bonds is 19.